The van der Waals surface area contributed by atoms with Crippen LogP contribution in [0.25, 0.3) is 0 Å². The van der Waals surface area contributed by atoms with Crippen LogP contribution in [0, 0.1) is 13.8 Å². The number of aromatic nitrogens is 2. The molecule has 2 aromatic rings. The number of halogens is 1. The number of hydrogen-bond acceptors (Lipinski definition) is 4. The smallest absolute Gasteiger partial charge is 0.316 e. The maximum absolute atomic E-state index is 12.7. The minimum atomic E-state index is -0.700. The molecule has 0 spiro atoms. The van der Waals surface area contributed by atoms with Gasteiger partial charge < -0.3 is 9.64 Å². The first-order valence-electron chi connectivity index (χ1n) is 9.00. The Hall–Kier alpha value is -2.34. The van der Waals surface area contributed by atoms with Gasteiger partial charge in [0.15, 0.2) is 0 Å². The Morgan fingerprint density at radius 1 is 1.19 bits per heavy atom. The van der Waals surface area contributed by atoms with Gasteiger partial charge in [0, 0.05) is 13.1 Å². The summed E-state index contributed by atoms with van der Waals surface area (Å²) in [5, 5.41) is 4.92. The van der Waals surface area contributed by atoms with Crippen molar-refractivity contribution in [3.05, 3.63) is 52.3 Å². The highest BCUT2D eigenvalue weighted by Gasteiger charge is 2.44. The van der Waals surface area contributed by atoms with Crippen LogP contribution in [0.4, 0.5) is 0 Å². The minimum Gasteiger partial charge on any atom is -0.468 e. The standard InChI is InChI=1S/C20H24ClN3O3/c1-14-18(21)15(2)24(22-14)13-17(25)23-11-9-20(10-12-23,19(26)27-3)16-7-5-4-6-8-16/h4-8H,9-13H2,1-3H3. The zero-order valence-corrected chi connectivity index (χ0v) is 16.6. The Bertz CT molecular complexity index is 840. The molecule has 1 aliphatic rings. The van der Waals surface area contributed by atoms with Crippen molar-refractivity contribution in [2.24, 2.45) is 0 Å². The fourth-order valence-corrected chi connectivity index (χ4v) is 3.89. The number of carbonyl (C=O) groups excluding carboxylic acids is 2. The van der Waals surface area contributed by atoms with Gasteiger partial charge in [-0.05, 0) is 32.3 Å². The van der Waals surface area contributed by atoms with E-state index in [1.54, 1.807) is 9.58 Å². The van der Waals surface area contributed by atoms with Crippen molar-refractivity contribution in [3.63, 3.8) is 0 Å². The fourth-order valence-electron chi connectivity index (χ4n) is 3.76. The van der Waals surface area contributed by atoms with Gasteiger partial charge in [-0.25, -0.2) is 0 Å². The second-order valence-electron chi connectivity index (χ2n) is 6.96. The molecule has 0 bridgehead atoms. The summed E-state index contributed by atoms with van der Waals surface area (Å²) in [5.41, 5.74) is 1.74. The van der Waals surface area contributed by atoms with Crippen molar-refractivity contribution in [1.29, 1.82) is 0 Å². The zero-order chi connectivity index (χ0) is 19.6. The number of nitrogens with zero attached hydrogens (tertiary/aromatic N) is 3. The van der Waals surface area contributed by atoms with E-state index in [1.807, 2.05) is 44.2 Å². The van der Waals surface area contributed by atoms with Crippen molar-refractivity contribution in [2.75, 3.05) is 20.2 Å². The fraction of sp³-hybridized carbons (Fsp3) is 0.450. The molecule has 0 saturated carbocycles. The van der Waals surface area contributed by atoms with Crippen LogP contribution in [0.5, 0.6) is 0 Å². The highest BCUT2D eigenvalue weighted by molar-refractivity contribution is 6.31. The lowest BCUT2D eigenvalue weighted by molar-refractivity contribution is -0.151. The second-order valence-corrected chi connectivity index (χ2v) is 7.34. The maximum Gasteiger partial charge on any atom is 0.316 e. The lowest BCUT2D eigenvalue weighted by atomic mass is 9.72. The number of carbonyl (C=O) groups is 2. The molecule has 2 heterocycles. The first-order chi connectivity index (χ1) is 12.9. The number of hydrogen-bond donors (Lipinski definition) is 0. The Labute approximate surface area is 164 Å². The molecule has 0 unspecified atom stereocenters. The van der Waals surface area contributed by atoms with Crippen LogP contribution < -0.4 is 0 Å². The summed E-state index contributed by atoms with van der Waals surface area (Å²) in [4.78, 5) is 27.1. The topological polar surface area (TPSA) is 64.4 Å². The van der Waals surface area contributed by atoms with E-state index in [0.717, 1.165) is 17.0 Å². The Morgan fingerprint density at radius 3 is 2.33 bits per heavy atom. The van der Waals surface area contributed by atoms with Gasteiger partial charge in [-0.1, -0.05) is 41.9 Å². The van der Waals surface area contributed by atoms with E-state index < -0.39 is 5.41 Å². The molecule has 0 aliphatic carbocycles. The van der Waals surface area contributed by atoms with Crippen molar-refractivity contribution < 1.29 is 14.3 Å². The van der Waals surface area contributed by atoms with Crippen molar-refractivity contribution in [2.45, 2.75) is 38.6 Å². The lowest BCUT2D eigenvalue weighted by Gasteiger charge is -2.40. The molecule has 0 radical (unpaired) electrons. The second kappa shape index (κ2) is 7.72. The summed E-state index contributed by atoms with van der Waals surface area (Å²) < 4.78 is 6.74. The molecule has 0 N–H and O–H groups in total. The number of piperidine rings is 1. The molecule has 7 heteroatoms. The lowest BCUT2D eigenvalue weighted by Crippen LogP contribution is -2.50. The normalized spacial score (nSPS) is 16.2. The Balaban J connectivity index is 1.73. The predicted molar refractivity (Wildman–Crippen MR) is 103 cm³/mol. The van der Waals surface area contributed by atoms with E-state index in [1.165, 1.54) is 7.11 Å². The molecular weight excluding hydrogens is 366 g/mol. The molecule has 144 valence electrons. The summed E-state index contributed by atoms with van der Waals surface area (Å²) in [6, 6.07) is 9.67. The summed E-state index contributed by atoms with van der Waals surface area (Å²) in [6.45, 7) is 4.81. The molecule has 1 aromatic heterocycles. The molecule has 1 aromatic carbocycles. The van der Waals surface area contributed by atoms with Gasteiger partial charge in [-0.3, -0.25) is 14.3 Å². The van der Waals surface area contributed by atoms with E-state index in [-0.39, 0.29) is 18.4 Å². The number of amides is 1. The third kappa shape index (κ3) is 3.58. The summed E-state index contributed by atoms with van der Waals surface area (Å²) >= 11 is 6.16. The largest absolute Gasteiger partial charge is 0.468 e. The summed E-state index contributed by atoms with van der Waals surface area (Å²) in [7, 11) is 1.41. The SMILES string of the molecule is COC(=O)C1(c2ccccc2)CCN(C(=O)Cn2nc(C)c(Cl)c2C)CC1. The summed E-state index contributed by atoms with van der Waals surface area (Å²) in [5.74, 6) is -0.269. The minimum absolute atomic E-state index is 0.0243. The van der Waals surface area contributed by atoms with Crippen LogP contribution in [-0.2, 0) is 26.3 Å². The van der Waals surface area contributed by atoms with Gasteiger partial charge in [-0.15, -0.1) is 0 Å². The molecule has 6 nitrogen and oxygen atoms in total. The number of likely N-dealkylation sites (tertiary alicyclic amines) is 1. The quantitative estimate of drug-likeness (QED) is 0.754. The van der Waals surface area contributed by atoms with Crippen LogP contribution in [0.15, 0.2) is 30.3 Å². The predicted octanol–water partition coefficient (Wildman–Crippen LogP) is 2.89. The van der Waals surface area contributed by atoms with Crippen molar-refractivity contribution in [1.82, 2.24) is 14.7 Å². The van der Waals surface area contributed by atoms with Gasteiger partial charge >= 0.3 is 5.97 Å². The van der Waals surface area contributed by atoms with E-state index in [9.17, 15) is 9.59 Å². The van der Waals surface area contributed by atoms with Crippen molar-refractivity contribution in [3.8, 4) is 0 Å². The molecule has 27 heavy (non-hydrogen) atoms. The van der Waals surface area contributed by atoms with Crippen LogP contribution in [0.1, 0.15) is 29.8 Å². The third-order valence-electron chi connectivity index (χ3n) is 5.45. The van der Waals surface area contributed by atoms with Crippen LogP contribution in [0.2, 0.25) is 5.02 Å². The van der Waals surface area contributed by atoms with Crippen LogP contribution in [0.3, 0.4) is 0 Å². The van der Waals surface area contributed by atoms with Gasteiger partial charge in [0.1, 0.15) is 6.54 Å². The molecule has 1 aliphatic heterocycles. The third-order valence-corrected chi connectivity index (χ3v) is 6.00. The molecule has 1 fully saturated rings. The summed E-state index contributed by atoms with van der Waals surface area (Å²) in [6.07, 6.45) is 1.07. The van der Waals surface area contributed by atoms with Crippen LogP contribution >= 0.6 is 11.6 Å². The van der Waals surface area contributed by atoms with Gasteiger partial charge in [-0.2, -0.15) is 5.10 Å². The van der Waals surface area contributed by atoms with Crippen molar-refractivity contribution >= 4 is 23.5 Å². The number of ether oxygens (including phenoxy) is 1. The first-order valence-corrected chi connectivity index (χ1v) is 9.38. The first kappa shape index (κ1) is 19.4. The van der Waals surface area contributed by atoms with Crippen LogP contribution in [-0.4, -0.2) is 46.8 Å². The van der Waals surface area contributed by atoms with Gasteiger partial charge in [0.2, 0.25) is 5.91 Å². The number of benzene rings is 1. The average Bonchev–Trinajstić information content (AvgIpc) is 2.94. The number of aryl methyl sites for hydroxylation is 1. The van der Waals surface area contributed by atoms with Gasteiger partial charge in [0.25, 0.3) is 0 Å². The maximum atomic E-state index is 12.7. The van der Waals surface area contributed by atoms with E-state index >= 15 is 0 Å². The molecule has 0 atom stereocenters. The molecule has 1 amide bonds. The average molecular weight is 390 g/mol. The van der Waals surface area contributed by atoms with E-state index in [2.05, 4.69) is 5.10 Å². The van der Waals surface area contributed by atoms with E-state index in [4.69, 9.17) is 16.3 Å². The molecular formula is C20H24ClN3O3. The highest BCUT2D eigenvalue weighted by atomic mass is 35.5. The number of rotatable bonds is 4. The number of methoxy groups -OCH3 is 1. The highest BCUT2D eigenvalue weighted by Crippen LogP contribution is 2.37. The van der Waals surface area contributed by atoms with Gasteiger partial charge in [0.05, 0.1) is 28.9 Å². The number of esters is 1. The zero-order valence-electron chi connectivity index (χ0n) is 15.9. The molecule has 3 rings (SSSR count). The monoisotopic (exact) mass is 389 g/mol. The Kier molecular flexibility index (Phi) is 5.56. The van der Waals surface area contributed by atoms with E-state index in [0.29, 0.717) is 31.0 Å². The molecule has 1 saturated heterocycles. The Morgan fingerprint density at radius 2 is 1.81 bits per heavy atom.